The van der Waals surface area contributed by atoms with E-state index in [9.17, 15) is 4.79 Å². The normalized spacial score (nSPS) is 10.5. The van der Waals surface area contributed by atoms with E-state index in [1.807, 2.05) is 19.2 Å². The van der Waals surface area contributed by atoms with Crippen molar-refractivity contribution < 1.29 is 9.53 Å². The van der Waals surface area contributed by atoms with Crippen LogP contribution in [0.25, 0.3) is 5.82 Å². The molecule has 0 fully saturated rings. The zero-order valence-electron chi connectivity index (χ0n) is 15.0. The molecule has 0 saturated heterocycles. The van der Waals surface area contributed by atoms with Crippen molar-refractivity contribution in [2.75, 3.05) is 25.0 Å². The monoisotopic (exact) mass is 420 g/mol. The summed E-state index contributed by atoms with van der Waals surface area (Å²) in [7, 11) is 0. The van der Waals surface area contributed by atoms with Crippen molar-refractivity contribution in [2.24, 2.45) is 0 Å². The number of hydrogen-bond donors (Lipinski definition) is 2. The van der Waals surface area contributed by atoms with Crippen LogP contribution in [-0.2, 0) is 4.79 Å². The van der Waals surface area contributed by atoms with E-state index in [1.54, 1.807) is 28.9 Å². The first kappa shape index (κ1) is 19.9. The Morgan fingerprint density at radius 3 is 2.79 bits per heavy atom. The van der Waals surface area contributed by atoms with E-state index in [4.69, 9.17) is 27.9 Å². The van der Waals surface area contributed by atoms with Crippen LogP contribution in [0.2, 0.25) is 10.0 Å². The van der Waals surface area contributed by atoms with Crippen LogP contribution in [0.4, 0.5) is 5.82 Å². The van der Waals surface area contributed by atoms with Crippen LogP contribution < -0.4 is 15.4 Å². The number of carbonyl (C=O) groups excluding carboxylic acids is 1. The summed E-state index contributed by atoms with van der Waals surface area (Å²) < 4.78 is 7.05. The van der Waals surface area contributed by atoms with Gasteiger partial charge in [0.1, 0.15) is 17.9 Å². The molecule has 2 aromatic heterocycles. The van der Waals surface area contributed by atoms with Crippen molar-refractivity contribution in [1.82, 2.24) is 25.1 Å². The molecule has 0 spiro atoms. The molecule has 0 aliphatic carbocycles. The molecule has 3 rings (SSSR count). The Hall–Kier alpha value is -2.84. The van der Waals surface area contributed by atoms with Gasteiger partial charge in [0.15, 0.2) is 12.4 Å². The van der Waals surface area contributed by atoms with Crippen LogP contribution in [0.3, 0.4) is 0 Å². The Kier molecular flexibility index (Phi) is 6.67. The predicted octanol–water partition coefficient (Wildman–Crippen LogP) is 2.88. The number of carbonyl (C=O) groups is 1. The molecule has 1 aromatic carbocycles. The van der Waals surface area contributed by atoms with Gasteiger partial charge in [-0.1, -0.05) is 23.2 Å². The number of aromatic nitrogens is 4. The highest BCUT2D eigenvalue weighted by Crippen LogP contribution is 2.27. The molecule has 10 heteroatoms. The Bertz CT molecular complexity index is 963. The highest BCUT2D eigenvalue weighted by atomic mass is 35.5. The molecule has 28 heavy (non-hydrogen) atoms. The van der Waals surface area contributed by atoms with Gasteiger partial charge in [0.25, 0.3) is 5.91 Å². The largest absolute Gasteiger partial charge is 0.482 e. The van der Waals surface area contributed by atoms with E-state index >= 15 is 0 Å². The third-order valence-corrected chi connectivity index (χ3v) is 4.15. The van der Waals surface area contributed by atoms with Gasteiger partial charge < -0.3 is 15.4 Å². The molecule has 0 radical (unpaired) electrons. The Morgan fingerprint density at radius 1 is 1.18 bits per heavy atom. The summed E-state index contributed by atoms with van der Waals surface area (Å²) in [5.41, 5.74) is 0.901. The Balaban J connectivity index is 1.41. The molecular formula is C18H18Cl2N6O2. The number of anilines is 1. The zero-order chi connectivity index (χ0) is 19.9. The molecule has 0 unspecified atom stereocenters. The average molecular weight is 421 g/mol. The van der Waals surface area contributed by atoms with Crippen molar-refractivity contribution in [3.8, 4) is 11.6 Å². The number of halogens is 2. The van der Waals surface area contributed by atoms with Gasteiger partial charge in [-0.2, -0.15) is 5.10 Å². The summed E-state index contributed by atoms with van der Waals surface area (Å²) in [6.45, 7) is 2.65. The molecule has 0 atom stereocenters. The minimum absolute atomic E-state index is 0.141. The number of nitrogens with one attached hydrogen (secondary N) is 2. The summed E-state index contributed by atoms with van der Waals surface area (Å²) in [4.78, 5) is 20.2. The van der Waals surface area contributed by atoms with Gasteiger partial charge in [-0.3, -0.25) is 4.79 Å². The standard InChI is InChI=1S/C18H18Cl2N6O2/c1-12-4-7-26(25-12)17-9-16(23-11-24-17)21-5-6-22-18(27)10-28-15-3-2-13(19)8-14(15)20/h2-4,7-9,11H,5-6,10H2,1H3,(H,22,27)(H,21,23,24). The van der Waals surface area contributed by atoms with Crippen molar-refractivity contribution in [1.29, 1.82) is 0 Å². The summed E-state index contributed by atoms with van der Waals surface area (Å²) in [5, 5.41) is 11.0. The molecule has 2 heterocycles. The molecule has 0 bridgehead atoms. The van der Waals surface area contributed by atoms with Gasteiger partial charge in [0, 0.05) is 30.4 Å². The van der Waals surface area contributed by atoms with Crippen LogP contribution in [0.5, 0.6) is 5.75 Å². The smallest absolute Gasteiger partial charge is 0.258 e. The number of benzene rings is 1. The topological polar surface area (TPSA) is 94.0 Å². The van der Waals surface area contributed by atoms with Gasteiger partial charge >= 0.3 is 0 Å². The second kappa shape index (κ2) is 9.38. The fourth-order valence-corrected chi connectivity index (χ4v) is 2.75. The van der Waals surface area contributed by atoms with Crippen molar-refractivity contribution in [2.45, 2.75) is 6.92 Å². The number of rotatable bonds is 8. The maximum Gasteiger partial charge on any atom is 0.258 e. The highest BCUT2D eigenvalue weighted by Gasteiger charge is 2.07. The Morgan fingerprint density at radius 2 is 2.04 bits per heavy atom. The number of ether oxygens (including phenoxy) is 1. The number of hydrogen-bond acceptors (Lipinski definition) is 6. The molecule has 1 amide bonds. The molecule has 0 aliphatic rings. The number of nitrogens with zero attached hydrogens (tertiary/aromatic N) is 4. The first-order valence-corrected chi connectivity index (χ1v) is 9.20. The van der Waals surface area contributed by atoms with Crippen LogP contribution in [-0.4, -0.2) is 45.4 Å². The second-order valence-electron chi connectivity index (χ2n) is 5.80. The first-order valence-electron chi connectivity index (χ1n) is 8.44. The molecule has 0 saturated carbocycles. The minimum Gasteiger partial charge on any atom is -0.482 e. The number of aryl methyl sites for hydroxylation is 1. The lowest BCUT2D eigenvalue weighted by atomic mass is 10.3. The number of amides is 1. The van der Waals surface area contributed by atoms with E-state index in [0.29, 0.717) is 40.5 Å². The first-order chi connectivity index (χ1) is 13.5. The fraction of sp³-hybridized carbons (Fsp3) is 0.222. The van der Waals surface area contributed by atoms with Crippen molar-refractivity contribution >= 4 is 34.9 Å². The molecule has 2 N–H and O–H groups in total. The minimum atomic E-state index is -0.261. The van der Waals surface area contributed by atoms with Gasteiger partial charge in [-0.25, -0.2) is 14.6 Å². The quantitative estimate of drug-likeness (QED) is 0.544. The van der Waals surface area contributed by atoms with Gasteiger partial charge in [0.2, 0.25) is 0 Å². The second-order valence-corrected chi connectivity index (χ2v) is 6.65. The van der Waals surface area contributed by atoms with Crippen LogP contribution in [0.15, 0.2) is 42.9 Å². The maximum absolute atomic E-state index is 11.9. The zero-order valence-corrected chi connectivity index (χ0v) is 16.5. The maximum atomic E-state index is 11.9. The molecular weight excluding hydrogens is 403 g/mol. The predicted molar refractivity (Wildman–Crippen MR) is 107 cm³/mol. The molecule has 146 valence electrons. The summed E-state index contributed by atoms with van der Waals surface area (Å²) in [6.07, 6.45) is 3.28. The van der Waals surface area contributed by atoms with Gasteiger partial charge in [-0.15, -0.1) is 0 Å². The molecule has 3 aromatic rings. The third-order valence-electron chi connectivity index (χ3n) is 3.62. The lowest BCUT2D eigenvalue weighted by Gasteiger charge is -2.10. The lowest BCUT2D eigenvalue weighted by Crippen LogP contribution is -2.32. The van der Waals surface area contributed by atoms with Gasteiger partial charge in [0.05, 0.1) is 10.7 Å². The van der Waals surface area contributed by atoms with E-state index in [0.717, 1.165) is 5.69 Å². The highest BCUT2D eigenvalue weighted by molar-refractivity contribution is 6.35. The Labute approximate surface area is 171 Å². The average Bonchev–Trinajstić information content (AvgIpc) is 3.11. The van der Waals surface area contributed by atoms with Gasteiger partial charge in [-0.05, 0) is 31.2 Å². The molecule has 8 nitrogen and oxygen atoms in total. The fourth-order valence-electron chi connectivity index (χ4n) is 2.29. The summed E-state index contributed by atoms with van der Waals surface area (Å²) in [5.74, 6) is 1.43. The molecule has 0 aliphatic heterocycles. The van der Waals surface area contributed by atoms with E-state index in [-0.39, 0.29) is 12.5 Å². The van der Waals surface area contributed by atoms with Crippen LogP contribution in [0.1, 0.15) is 5.69 Å². The van der Waals surface area contributed by atoms with Crippen LogP contribution in [0, 0.1) is 6.92 Å². The summed E-state index contributed by atoms with van der Waals surface area (Å²) >= 11 is 11.8. The van der Waals surface area contributed by atoms with Crippen molar-refractivity contribution in [3.63, 3.8) is 0 Å². The lowest BCUT2D eigenvalue weighted by molar-refractivity contribution is -0.123. The third kappa shape index (κ3) is 5.58. The van der Waals surface area contributed by atoms with Crippen LogP contribution >= 0.6 is 23.2 Å². The summed E-state index contributed by atoms with van der Waals surface area (Å²) in [6, 6.07) is 8.49. The van der Waals surface area contributed by atoms with Crippen molar-refractivity contribution in [3.05, 3.63) is 58.6 Å². The van der Waals surface area contributed by atoms with E-state index in [2.05, 4.69) is 25.7 Å². The SMILES string of the molecule is Cc1ccn(-c2cc(NCCNC(=O)COc3ccc(Cl)cc3Cl)ncn2)n1. The van der Waals surface area contributed by atoms with E-state index in [1.165, 1.54) is 6.33 Å². The van der Waals surface area contributed by atoms with E-state index < -0.39 is 0 Å².